The van der Waals surface area contributed by atoms with E-state index in [4.69, 9.17) is 23.9 Å². The van der Waals surface area contributed by atoms with Crippen molar-refractivity contribution in [1.82, 2.24) is 14.9 Å². The van der Waals surface area contributed by atoms with Crippen molar-refractivity contribution in [3.05, 3.63) is 78.1 Å². The van der Waals surface area contributed by atoms with Gasteiger partial charge in [0, 0.05) is 12.1 Å². The van der Waals surface area contributed by atoms with Crippen molar-refractivity contribution in [3.63, 3.8) is 0 Å². The Morgan fingerprint density at radius 1 is 0.886 bits per heavy atom. The van der Waals surface area contributed by atoms with Crippen molar-refractivity contribution < 1.29 is 23.7 Å². The summed E-state index contributed by atoms with van der Waals surface area (Å²) in [5.41, 5.74) is 2.39. The van der Waals surface area contributed by atoms with E-state index in [0.29, 0.717) is 36.8 Å². The van der Waals surface area contributed by atoms with Gasteiger partial charge in [0.1, 0.15) is 17.3 Å². The second-order valence-corrected chi connectivity index (χ2v) is 7.80. The van der Waals surface area contributed by atoms with E-state index in [2.05, 4.69) is 9.88 Å². The lowest BCUT2D eigenvalue weighted by Crippen LogP contribution is -2.25. The van der Waals surface area contributed by atoms with Crippen LogP contribution in [0.5, 0.6) is 23.0 Å². The summed E-state index contributed by atoms with van der Waals surface area (Å²) in [5.74, 6) is 3.23. The number of benzene rings is 3. The summed E-state index contributed by atoms with van der Waals surface area (Å²) in [5, 5.41) is 2.97. The maximum atomic E-state index is 12.8. The third kappa shape index (κ3) is 5.66. The normalized spacial score (nSPS) is 10.7. The van der Waals surface area contributed by atoms with Gasteiger partial charge in [0.15, 0.2) is 11.5 Å². The molecule has 182 valence electrons. The van der Waals surface area contributed by atoms with E-state index >= 15 is 0 Å². The summed E-state index contributed by atoms with van der Waals surface area (Å²) in [6.07, 6.45) is 0.781. The van der Waals surface area contributed by atoms with Crippen molar-refractivity contribution in [3.8, 4) is 23.0 Å². The minimum Gasteiger partial charge on any atom is -0.497 e. The van der Waals surface area contributed by atoms with Gasteiger partial charge in [-0.25, -0.2) is 4.98 Å². The zero-order chi connectivity index (χ0) is 24.6. The fourth-order valence-corrected chi connectivity index (χ4v) is 3.83. The third-order valence-electron chi connectivity index (χ3n) is 5.64. The first-order valence-electron chi connectivity index (χ1n) is 11.3. The SMILES string of the molecule is COc1ccc(OCCCn2c(CNC(=O)c3ccc(OC)c(OC)c3)nc3ccccc32)cc1. The van der Waals surface area contributed by atoms with E-state index in [1.165, 1.54) is 0 Å². The number of carbonyl (C=O) groups excluding carboxylic acids is 1. The van der Waals surface area contributed by atoms with Crippen LogP contribution in [0.3, 0.4) is 0 Å². The van der Waals surface area contributed by atoms with E-state index in [-0.39, 0.29) is 5.91 Å². The van der Waals surface area contributed by atoms with Gasteiger partial charge >= 0.3 is 0 Å². The molecule has 4 aromatic rings. The first-order valence-corrected chi connectivity index (χ1v) is 11.3. The van der Waals surface area contributed by atoms with Gasteiger partial charge in [-0.3, -0.25) is 4.79 Å². The predicted octanol–water partition coefficient (Wildman–Crippen LogP) is 4.46. The first-order chi connectivity index (χ1) is 17.1. The standard InChI is InChI=1S/C27H29N3O5/c1-32-20-10-12-21(13-11-20)35-16-6-15-30-23-8-5-4-7-22(23)29-26(30)18-28-27(31)19-9-14-24(33-2)25(17-19)34-3/h4-5,7-14,17H,6,15-16,18H2,1-3H3,(H,28,31). The van der Waals surface area contributed by atoms with Gasteiger partial charge < -0.3 is 28.8 Å². The van der Waals surface area contributed by atoms with Crippen LogP contribution >= 0.6 is 0 Å². The van der Waals surface area contributed by atoms with E-state index in [0.717, 1.165) is 34.8 Å². The number of nitrogens with one attached hydrogen (secondary N) is 1. The van der Waals surface area contributed by atoms with Crippen molar-refractivity contribution in [2.24, 2.45) is 0 Å². The highest BCUT2D eigenvalue weighted by Gasteiger charge is 2.14. The molecule has 0 aliphatic rings. The molecule has 0 aliphatic carbocycles. The average Bonchev–Trinajstić information content (AvgIpc) is 3.26. The Labute approximate surface area is 204 Å². The maximum absolute atomic E-state index is 12.8. The Bertz CT molecular complexity index is 1280. The van der Waals surface area contributed by atoms with E-state index in [9.17, 15) is 4.79 Å². The van der Waals surface area contributed by atoms with Gasteiger partial charge in [-0.1, -0.05) is 12.1 Å². The minimum atomic E-state index is -0.215. The van der Waals surface area contributed by atoms with Gasteiger partial charge in [0.05, 0.1) is 45.5 Å². The van der Waals surface area contributed by atoms with Crippen LogP contribution in [0.4, 0.5) is 0 Å². The molecule has 1 amide bonds. The lowest BCUT2D eigenvalue weighted by molar-refractivity contribution is 0.0949. The number of aromatic nitrogens is 2. The fraction of sp³-hybridized carbons (Fsp3) is 0.259. The molecular formula is C27H29N3O5. The Morgan fingerprint density at radius 3 is 2.37 bits per heavy atom. The van der Waals surface area contributed by atoms with Crippen LogP contribution in [-0.2, 0) is 13.1 Å². The van der Waals surface area contributed by atoms with Gasteiger partial charge in [-0.2, -0.15) is 0 Å². The zero-order valence-corrected chi connectivity index (χ0v) is 20.1. The summed E-state index contributed by atoms with van der Waals surface area (Å²) in [4.78, 5) is 17.5. The van der Waals surface area contributed by atoms with Gasteiger partial charge in [0.25, 0.3) is 5.91 Å². The minimum absolute atomic E-state index is 0.215. The van der Waals surface area contributed by atoms with Crippen LogP contribution in [0, 0.1) is 0 Å². The molecule has 0 unspecified atom stereocenters. The molecule has 4 rings (SSSR count). The van der Waals surface area contributed by atoms with Crippen LogP contribution in [0.2, 0.25) is 0 Å². The lowest BCUT2D eigenvalue weighted by atomic mass is 10.2. The number of ether oxygens (including phenoxy) is 4. The molecule has 0 atom stereocenters. The number of hydrogen-bond donors (Lipinski definition) is 1. The van der Waals surface area contributed by atoms with E-state index in [1.807, 2.05) is 48.5 Å². The van der Waals surface area contributed by atoms with Crippen molar-refractivity contribution >= 4 is 16.9 Å². The van der Waals surface area contributed by atoms with Gasteiger partial charge in [-0.15, -0.1) is 0 Å². The predicted molar refractivity (Wildman–Crippen MR) is 134 cm³/mol. The van der Waals surface area contributed by atoms with Crippen LogP contribution < -0.4 is 24.3 Å². The number of fused-ring (bicyclic) bond motifs is 1. The number of imidazole rings is 1. The molecule has 35 heavy (non-hydrogen) atoms. The second-order valence-electron chi connectivity index (χ2n) is 7.80. The zero-order valence-electron chi connectivity index (χ0n) is 20.1. The summed E-state index contributed by atoms with van der Waals surface area (Å²) in [7, 11) is 4.74. The molecule has 0 fully saturated rings. The molecule has 0 radical (unpaired) electrons. The Balaban J connectivity index is 1.42. The Hall–Kier alpha value is -4.20. The van der Waals surface area contributed by atoms with Crippen LogP contribution in [0.15, 0.2) is 66.7 Å². The summed E-state index contributed by atoms with van der Waals surface area (Å²) >= 11 is 0. The van der Waals surface area contributed by atoms with Crippen molar-refractivity contribution in [2.75, 3.05) is 27.9 Å². The fourth-order valence-electron chi connectivity index (χ4n) is 3.83. The number of amides is 1. The molecule has 1 N–H and O–H groups in total. The second kappa shape index (κ2) is 11.3. The molecular weight excluding hydrogens is 446 g/mol. The highest BCUT2D eigenvalue weighted by Crippen LogP contribution is 2.27. The van der Waals surface area contributed by atoms with Crippen LogP contribution in [0.1, 0.15) is 22.6 Å². The quantitative estimate of drug-likeness (QED) is 0.323. The number of rotatable bonds is 11. The number of hydrogen-bond acceptors (Lipinski definition) is 6. The molecule has 0 saturated carbocycles. The Kier molecular flexibility index (Phi) is 7.72. The van der Waals surface area contributed by atoms with Gasteiger partial charge in [0.2, 0.25) is 0 Å². The molecule has 1 aromatic heterocycles. The van der Waals surface area contributed by atoms with Crippen molar-refractivity contribution in [1.29, 1.82) is 0 Å². The number of para-hydroxylation sites is 2. The molecule has 0 aliphatic heterocycles. The number of methoxy groups -OCH3 is 3. The van der Waals surface area contributed by atoms with E-state index in [1.54, 1.807) is 39.5 Å². The smallest absolute Gasteiger partial charge is 0.251 e. The summed E-state index contributed by atoms with van der Waals surface area (Å²) < 4.78 is 23.7. The Morgan fingerprint density at radius 2 is 1.63 bits per heavy atom. The van der Waals surface area contributed by atoms with Crippen molar-refractivity contribution in [2.45, 2.75) is 19.5 Å². The molecule has 0 bridgehead atoms. The lowest BCUT2D eigenvalue weighted by Gasteiger charge is -2.12. The van der Waals surface area contributed by atoms with Gasteiger partial charge in [-0.05, 0) is 61.0 Å². The average molecular weight is 476 g/mol. The number of carbonyl (C=O) groups is 1. The monoisotopic (exact) mass is 475 g/mol. The van der Waals surface area contributed by atoms with Crippen LogP contribution in [-0.4, -0.2) is 43.4 Å². The largest absolute Gasteiger partial charge is 0.497 e. The number of aryl methyl sites for hydroxylation is 1. The topological polar surface area (TPSA) is 83.8 Å². The molecule has 8 heteroatoms. The summed E-state index contributed by atoms with van der Waals surface area (Å²) in [6, 6.07) is 20.6. The number of nitrogens with zero attached hydrogens (tertiary/aromatic N) is 2. The molecule has 1 heterocycles. The first kappa shape index (κ1) is 23.9. The molecule has 8 nitrogen and oxygen atoms in total. The van der Waals surface area contributed by atoms with E-state index < -0.39 is 0 Å². The molecule has 3 aromatic carbocycles. The molecule has 0 saturated heterocycles. The third-order valence-corrected chi connectivity index (χ3v) is 5.64. The van der Waals surface area contributed by atoms with Crippen LogP contribution in [0.25, 0.3) is 11.0 Å². The highest BCUT2D eigenvalue weighted by molar-refractivity contribution is 5.94. The highest BCUT2D eigenvalue weighted by atomic mass is 16.5. The molecule has 0 spiro atoms. The summed E-state index contributed by atoms with van der Waals surface area (Å²) in [6.45, 7) is 1.55. The maximum Gasteiger partial charge on any atom is 0.251 e.